The Hall–Kier alpha value is -3.68. The molecule has 3 aromatic rings. The fraction of sp³-hybridized carbons (Fsp3) is 0.429. The summed E-state index contributed by atoms with van der Waals surface area (Å²) in [6, 6.07) is 26.4. The molecule has 0 bridgehead atoms. The van der Waals surface area contributed by atoms with Crippen LogP contribution in [0.4, 0.5) is 11.4 Å². The first-order valence-corrected chi connectivity index (χ1v) is 15.5. The molecular formula is C35H44N4O3. The van der Waals surface area contributed by atoms with Crippen LogP contribution >= 0.6 is 0 Å². The van der Waals surface area contributed by atoms with Gasteiger partial charge in [0.25, 0.3) is 5.91 Å². The molecule has 2 amide bonds. The predicted molar refractivity (Wildman–Crippen MR) is 169 cm³/mol. The van der Waals surface area contributed by atoms with Gasteiger partial charge in [0.15, 0.2) is 0 Å². The van der Waals surface area contributed by atoms with Crippen molar-refractivity contribution in [2.75, 3.05) is 62.7 Å². The van der Waals surface area contributed by atoms with Gasteiger partial charge >= 0.3 is 0 Å². The number of piperidine rings is 1. The van der Waals surface area contributed by atoms with E-state index in [1.165, 1.54) is 5.56 Å². The molecule has 7 heteroatoms. The summed E-state index contributed by atoms with van der Waals surface area (Å²) in [4.78, 5) is 31.6. The summed E-state index contributed by atoms with van der Waals surface area (Å²) in [5.41, 5.74) is 4.58. The first-order chi connectivity index (χ1) is 20.6. The molecule has 2 heterocycles. The molecule has 0 aliphatic carbocycles. The van der Waals surface area contributed by atoms with Gasteiger partial charge < -0.3 is 20.3 Å². The van der Waals surface area contributed by atoms with Gasteiger partial charge in [-0.15, -0.1) is 0 Å². The zero-order valence-electron chi connectivity index (χ0n) is 24.8. The molecule has 1 unspecified atom stereocenters. The van der Waals surface area contributed by atoms with Crippen molar-refractivity contribution >= 4 is 23.2 Å². The van der Waals surface area contributed by atoms with Crippen LogP contribution in [0.5, 0.6) is 0 Å². The Labute approximate surface area is 250 Å². The highest BCUT2D eigenvalue weighted by molar-refractivity contribution is 6.03. The lowest BCUT2D eigenvalue weighted by Gasteiger charge is -2.35. The Morgan fingerprint density at radius 2 is 1.60 bits per heavy atom. The van der Waals surface area contributed by atoms with E-state index < -0.39 is 0 Å². The maximum Gasteiger partial charge on any atom is 0.253 e. The van der Waals surface area contributed by atoms with E-state index in [4.69, 9.17) is 4.74 Å². The number of rotatable bonds is 11. The van der Waals surface area contributed by atoms with Gasteiger partial charge in [-0.1, -0.05) is 67.6 Å². The van der Waals surface area contributed by atoms with Crippen LogP contribution in [0.15, 0.2) is 78.9 Å². The first kappa shape index (κ1) is 29.8. The molecule has 2 N–H and O–H groups in total. The zero-order chi connectivity index (χ0) is 29.1. The van der Waals surface area contributed by atoms with E-state index in [9.17, 15) is 9.59 Å². The van der Waals surface area contributed by atoms with Gasteiger partial charge in [-0.25, -0.2) is 0 Å². The van der Waals surface area contributed by atoms with Crippen molar-refractivity contribution in [3.63, 3.8) is 0 Å². The minimum Gasteiger partial charge on any atom is -0.379 e. The zero-order valence-corrected chi connectivity index (χ0v) is 24.8. The van der Waals surface area contributed by atoms with E-state index >= 15 is 0 Å². The molecule has 222 valence electrons. The third-order valence-electron chi connectivity index (χ3n) is 8.58. The van der Waals surface area contributed by atoms with E-state index in [1.54, 1.807) is 0 Å². The third-order valence-corrected chi connectivity index (χ3v) is 8.58. The SMILES string of the molecule is CCC(C(=O)Nc1ccc(N2CCC(Cc3ccccc3)CC2)c(C(=O)NCCN2CCOCC2)c1)c1ccccc1. The summed E-state index contributed by atoms with van der Waals surface area (Å²) in [5.74, 6) is 0.227. The van der Waals surface area contributed by atoms with Crippen LogP contribution in [-0.4, -0.2) is 69.2 Å². The molecule has 2 aliphatic rings. The Balaban J connectivity index is 1.29. The summed E-state index contributed by atoms with van der Waals surface area (Å²) in [5, 5.41) is 6.25. The van der Waals surface area contributed by atoms with Crippen LogP contribution in [0, 0.1) is 5.92 Å². The van der Waals surface area contributed by atoms with Crippen molar-refractivity contribution in [2.24, 2.45) is 5.92 Å². The maximum absolute atomic E-state index is 13.6. The predicted octanol–water partition coefficient (Wildman–Crippen LogP) is 5.34. The molecule has 1 atom stereocenters. The number of benzene rings is 3. The van der Waals surface area contributed by atoms with E-state index in [-0.39, 0.29) is 17.7 Å². The second kappa shape index (κ2) is 15.0. The van der Waals surface area contributed by atoms with Crippen molar-refractivity contribution in [3.8, 4) is 0 Å². The van der Waals surface area contributed by atoms with Gasteiger partial charge in [0.1, 0.15) is 0 Å². The number of nitrogens with zero attached hydrogens (tertiary/aromatic N) is 2. The molecule has 0 radical (unpaired) electrons. The summed E-state index contributed by atoms with van der Waals surface area (Å²) in [7, 11) is 0. The average Bonchev–Trinajstić information content (AvgIpc) is 3.03. The van der Waals surface area contributed by atoms with Crippen molar-refractivity contribution in [1.82, 2.24) is 10.2 Å². The van der Waals surface area contributed by atoms with Gasteiger partial charge in [-0.3, -0.25) is 14.5 Å². The van der Waals surface area contributed by atoms with Crippen molar-refractivity contribution in [3.05, 3.63) is 95.6 Å². The van der Waals surface area contributed by atoms with E-state index in [0.29, 0.717) is 30.1 Å². The highest BCUT2D eigenvalue weighted by atomic mass is 16.5. The second-order valence-corrected chi connectivity index (χ2v) is 11.4. The van der Waals surface area contributed by atoms with Crippen molar-refractivity contribution < 1.29 is 14.3 Å². The van der Waals surface area contributed by atoms with Crippen LogP contribution < -0.4 is 15.5 Å². The molecule has 2 fully saturated rings. The molecule has 2 saturated heterocycles. The van der Waals surface area contributed by atoms with Crippen LogP contribution in [-0.2, 0) is 16.0 Å². The smallest absolute Gasteiger partial charge is 0.253 e. The monoisotopic (exact) mass is 568 g/mol. The number of morpholine rings is 1. The lowest BCUT2D eigenvalue weighted by atomic mass is 9.89. The molecule has 3 aromatic carbocycles. The number of hydrogen-bond acceptors (Lipinski definition) is 5. The van der Waals surface area contributed by atoms with Crippen LogP contribution in [0.3, 0.4) is 0 Å². The molecule has 7 nitrogen and oxygen atoms in total. The highest BCUT2D eigenvalue weighted by Crippen LogP contribution is 2.31. The van der Waals surface area contributed by atoms with Crippen LogP contribution in [0.1, 0.15) is 53.6 Å². The highest BCUT2D eigenvalue weighted by Gasteiger charge is 2.25. The fourth-order valence-electron chi connectivity index (χ4n) is 6.13. The Morgan fingerprint density at radius 1 is 0.905 bits per heavy atom. The number of nitrogens with one attached hydrogen (secondary N) is 2. The second-order valence-electron chi connectivity index (χ2n) is 11.4. The summed E-state index contributed by atoms with van der Waals surface area (Å²) >= 11 is 0. The molecule has 0 spiro atoms. The van der Waals surface area contributed by atoms with Crippen molar-refractivity contribution in [2.45, 2.75) is 38.5 Å². The number of ether oxygens (including phenoxy) is 1. The van der Waals surface area contributed by atoms with E-state index in [1.807, 2.05) is 55.5 Å². The fourth-order valence-corrected chi connectivity index (χ4v) is 6.13. The Kier molecular flexibility index (Phi) is 10.6. The first-order valence-electron chi connectivity index (χ1n) is 15.5. The van der Waals surface area contributed by atoms with E-state index in [2.05, 4.69) is 50.8 Å². The number of carbonyl (C=O) groups excluding carboxylic acids is 2. The Morgan fingerprint density at radius 3 is 2.29 bits per heavy atom. The van der Waals surface area contributed by atoms with Crippen LogP contribution in [0.25, 0.3) is 0 Å². The summed E-state index contributed by atoms with van der Waals surface area (Å²) in [6.07, 6.45) is 3.96. The maximum atomic E-state index is 13.6. The lowest BCUT2D eigenvalue weighted by molar-refractivity contribution is -0.117. The largest absolute Gasteiger partial charge is 0.379 e. The van der Waals surface area contributed by atoms with Gasteiger partial charge in [0.2, 0.25) is 5.91 Å². The Bertz CT molecular complexity index is 1290. The molecule has 0 saturated carbocycles. The summed E-state index contributed by atoms with van der Waals surface area (Å²) < 4.78 is 5.45. The summed E-state index contributed by atoms with van der Waals surface area (Å²) in [6.45, 7) is 8.45. The molecule has 2 aliphatic heterocycles. The normalized spacial score (nSPS) is 17.0. The van der Waals surface area contributed by atoms with E-state index in [0.717, 1.165) is 76.5 Å². The number of amides is 2. The van der Waals surface area contributed by atoms with Gasteiger partial charge in [-0.05, 0) is 60.9 Å². The molecule has 42 heavy (non-hydrogen) atoms. The average molecular weight is 569 g/mol. The minimum atomic E-state index is -0.250. The minimum absolute atomic E-state index is 0.0585. The van der Waals surface area contributed by atoms with Crippen molar-refractivity contribution in [1.29, 1.82) is 0 Å². The number of hydrogen-bond donors (Lipinski definition) is 2. The molecular weight excluding hydrogens is 524 g/mol. The van der Waals surface area contributed by atoms with Crippen LogP contribution in [0.2, 0.25) is 0 Å². The van der Waals surface area contributed by atoms with Gasteiger partial charge in [0, 0.05) is 50.6 Å². The topological polar surface area (TPSA) is 73.9 Å². The van der Waals surface area contributed by atoms with Gasteiger partial charge in [-0.2, -0.15) is 0 Å². The van der Waals surface area contributed by atoms with Gasteiger partial charge in [0.05, 0.1) is 24.7 Å². The molecule has 5 rings (SSSR count). The molecule has 0 aromatic heterocycles. The number of carbonyl (C=O) groups is 2. The lowest BCUT2D eigenvalue weighted by Crippen LogP contribution is -2.41. The quantitative estimate of drug-likeness (QED) is 0.327. The number of anilines is 2. The standard InChI is InChI=1S/C35H44N4O3/c1-2-31(29-11-7-4-8-12-29)35(41)37-30-13-14-33(32(26-30)34(40)36-17-20-38-21-23-42-24-22-38)39-18-15-28(16-19-39)25-27-9-5-3-6-10-27/h3-14,26,28,31H,2,15-25H2,1H3,(H,36,40)(H,37,41). The third kappa shape index (κ3) is 7.99.